The SMILES string of the molecule is Cn1nc(C2CCC(=O)NC2=O)c2ccc(N3CCN(CC4CCNCC4)CC3)c(F)c21. The van der Waals surface area contributed by atoms with Gasteiger partial charge >= 0.3 is 0 Å². The van der Waals surface area contributed by atoms with Gasteiger partial charge in [0.2, 0.25) is 11.8 Å². The smallest absolute Gasteiger partial charge is 0.235 e. The van der Waals surface area contributed by atoms with Gasteiger partial charge in [0.05, 0.1) is 17.3 Å². The van der Waals surface area contributed by atoms with Gasteiger partial charge in [-0.05, 0) is 50.4 Å². The molecule has 0 bridgehead atoms. The standard InChI is InChI=1S/C23H31FN6O2/c1-28-22-16(21(27-28)17-3-5-19(31)26-23(17)32)2-4-18(20(22)24)30-12-10-29(11-13-30)14-15-6-8-25-9-7-15/h2,4,15,17,25H,3,5-14H2,1H3,(H,26,31,32). The lowest BCUT2D eigenvalue weighted by Crippen LogP contribution is -2.48. The van der Waals surface area contributed by atoms with Crippen molar-refractivity contribution in [1.29, 1.82) is 0 Å². The minimum absolute atomic E-state index is 0.265. The molecule has 0 spiro atoms. The maximum absolute atomic E-state index is 15.6. The summed E-state index contributed by atoms with van der Waals surface area (Å²) in [7, 11) is 1.71. The van der Waals surface area contributed by atoms with Gasteiger partial charge in [-0.3, -0.25) is 24.5 Å². The lowest BCUT2D eigenvalue weighted by molar-refractivity contribution is -0.134. The largest absolute Gasteiger partial charge is 0.367 e. The third-order valence-corrected chi connectivity index (χ3v) is 7.21. The number of imide groups is 1. The first kappa shape index (κ1) is 21.3. The van der Waals surface area contributed by atoms with Gasteiger partial charge in [0.15, 0.2) is 5.82 Å². The zero-order valence-corrected chi connectivity index (χ0v) is 18.6. The highest BCUT2D eigenvalue weighted by Gasteiger charge is 2.33. The Labute approximate surface area is 187 Å². The van der Waals surface area contributed by atoms with Crippen molar-refractivity contribution >= 4 is 28.4 Å². The second kappa shape index (κ2) is 8.78. The first-order chi connectivity index (χ1) is 15.5. The molecule has 1 aromatic heterocycles. The monoisotopic (exact) mass is 442 g/mol. The molecule has 2 amide bonds. The Morgan fingerprint density at radius 3 is 2.56 bits per heavy atom. The van der Waals surface area contributed by atoms with Gasteiger partial charge in [-0.2, -0.15) is 5.10 Å². The van der Waals surface area contributed by atoms with E-state index < -0.39 is 5.92 Å². The van der Waals surface area contributed by atoms with Crippen molar-refractivity contribution in [1.82, 2.24) is 25.3 Å². The molecule has 32 heavy (non-hydrogen) atoms. The maximum Gasteiger partial charge on any atom is 0.235 e. The quantitative estimate of drug-likeness (QED) is 0.696. The Balaban J connectivity index is 1.32. The van der Waals surface area contributed by atoms with Crippen molar-refractivity contribution in [3.63, 3.8) is 0 Å². The first-order valence-electron chi connectivity index (χ1n) is 11.7. The Morgan fingerprint density at radius 2 is 1.84 bits per heavy atom. The summed E-state index contributed by atoms with van der Waals surface area (Å²) in [5.41, 5.74) is 1.56. The average molecular weight is 443 g/mol. The van der Waals surface area contributed by atoms with Gasteiger partial charge < -0.3 is 10.2 Å². The number of halogens is 1. The van der Waals surface area contributed by atoms with Crippen LogP contribution >= 0.6 is 0 Å². The number of fused-ring (bicyclic) bond motifs is 1. The summed E-state index contributed by atoms with van der Waals surface area (Å²) in [5, 5.41) is 10.9. The van der Waals surface area contributed by atoms with Gasteiger partial charge in [0.25, 0.3) is 0 Å². The third kappa shape index (κ3) is 3.99. The summed E-state index contributed by atoms with van der Waals surface area (Å²) < 4.78 is 17.2. The molecule has 2 N–H and O–H groups in total. The van der Waals surface area contributed by atoms with Crippen molar-refractivity contribution in [2.45, 2.75) is 31.6 Å². The van der Waals surface area contributed by atoms with Crippen LogP contribution in [0.25, 0.3) is 10.9 Å². The predicted octanol–water partition coefficient (Wildman–Crippen LogP) is 1.35. The molecule has 3 saturated heterocycles. The first-order valence-corrected chi connectivity index (χ1v) is 11.7. The van der Waals surface area contributed by atoms with E-state index in [1.807, 2.05) is 12.1 Å². The number of piperidine rings is 2. The summed E-state index contributed by atoms with van der Waals surface area (Å²) in [4.78, 5) is 28.5. The molecule has 3 aliphatic rings. The lowest BCUT2D eigenvalue weighted by Gasteiger charge is -2.38. The van der Waals surface area contributed by atoms with Crippen molar-refractivity contribution in [3.05, 3.63) is 23.6 Å². The number of rotatable bonds is 4. The Kier molecular flexibility index (Phi) is 5.86. The number of amides is 2. The van der Waals surface area contributed by atoms with E-state index in [1.165, 1.54) is 17.5 Å². The molecular weight excluding hydrogens is 411 g/mol. The van der Waals surface area contributed by atoms with E-state index >= 15 is 4.39 Å². The fourth-order valence-electron chi connectivity index (χ4n) is 5.40. The van der Waals surface area contributed by atoms with E-state index in [4.69, 9.17) is 0 Å². The van der Waals surface area contributed by atoms with Crippen LogP contribution in [0.2, 0.25) is 0 Å². The van der Waals surface area contributed by atoms with Crippen LogP contribution < -0.4 is 15.5 Å². The summed E-state index contributed by atoms with van der Waals surface area (Å²) in [6.45, 7) is 6.83. The Hall–Kier alpha value is -2.52. The second-order valence-electron chi connectivity index (χ2n) is 9.29. The fourth-order valence-corrected chi connectivity index (χ4v) is 5.40. The van der Waals surface area contributed by atoms with Gasteiger partial charge in [-0.1, -0.05) is 0 Å². The number of anilines is 1. The molecule has 4 heterocycles. The number of hydrogen-bond acceptors (Lipinski definition) is 6. The number of carbonyl (C=O) groups excluding carboxylic acids is 2. The molecule has 0 aliphatic carbocycles. The van der Waals surface area contributed by atoms with Gasteiger partial charge in [0, 0.05) is 51.6 Å². The van der Waals surface area contributed by atoms with E-state index in [1.54, 1.807) is 7.05 Å². The lowest BCUT2D eigenvalue weighted by atomic mass is 9.92. The summed E-state index contributed by atoms with van der Waals surface area (Å²) >= 11 is 0. The molecule has 1 unspecified atom stereocenters. The Morgan fingerprint density at radius 1 is 1.09 bits per heavy atom. The molecule has 9 heteroatoms. The van der Waals surface area contributed by atoms with Crippen LogP contribution in [-0.2, 0) is 16.6 Å². The zero-order chi connectivity index (χ0) is 22.2. The van der Waals surface area contributed by atoms with E-state index in [2.05, 4.69) is 25.5 Å². The van der Waals surface area contributed by atoms with E-state index in [9.17, 15) is 9.59 Å². The van der Waals surface area contributed by atoms with Gasteiger partial charge in [-0.25, -0.2) is 4.39 Å². The average Bonchev–Trinajstić information content (AvgIpc) is 3.12. The zero-order valence-electron chi connectivity index (χ0n) is 18.6. The van der Waals surface area contributed by atoms with Crippen molar-refractivity contribution in [2.24, 2.45) is 13.0 Å². The van der Waals surface area contributed by atoms with E-state index in [0.717, 1.165) is 51.7 Å². The summed E-state index contributed by atoms with van der Waals surface area (Å²) in [6, 6.07) is 3.69. The summed E-state index contributed by atoms with van der Waals surface area (Å²) in [6.07, 6.45) is 3.15. The van der Waals surface area contributed by atoms with Crippen molar-refractivity contribution < 1.29 is 14.0 Å². The molecule has 1 aromatic carbocycles. The van der Waals surface area contributed by atoms with Crippen molar-refractivity contribution in [3.8, 4) is 0 Å². The van der Waals surface area contributed by atoms with Crippen LogP contribution in [0.3, 0.4) is 0 Å². The highest BCUT2D eigenvalue weighted by molar-refractivity contribution is 6.02. The molecule has 3 aliphatic heterocycles. The normalized spacial score (nSPS) is 23.7. The van der Waals surface area contributed by atoms with Crippen LogP contribution in [0.5, 0.6) is 0 Å². The second-order valence-corrected chi connectivity index (χ2v) is 9.29. The third-order valence-electron chi connectivity index (χ3n) is 7.21. The van der Waals surface area contributed by atoms with Crippen LogP contribution in [0.1, 0.15) is 37.3 Å². The summed E-state index contributed by atoms with van der Waals surface area (Å²) in [5.74, 6) is -0.672. The molecule has 5 rings (SSSR count). The van der Waals surface area contributed by atoms with Gasteiger partial charge in [-0.15, -0.1) is 0 Å². The molecule has 8 nitrogen and oxygen atoms in total. The molecule has 2 aromatic rings. The van der Waals surface area contributed by atoms with E-state index in [-0.39, 0.29) is 24.1 Å². The molecule has 172 valence electrons. The van der Waals surface area contributed by atoms with Crippen LogP contribution in [-0.4, -0.2) is 72.3 Å². The highest BCUT2D eigenvalue weighted by atomic mass is 19.1. The molecule has 0 saturated carbocycles. The number of hydrogen-bond donors (Lipinski definition) is 2. The molecular formula is C23H31FN6O2. The number of benzene rings is 1. The maximum atomic E-state index is 15.6. The molecule has 3 fully saturated rings. The van der Waals surface area contributed by atoms with E-state index in [0.29, 0.717) is 28.7 Å². The highest BCUT2D eigenvalue weighted by Crippen LogP contribution is 2.34. The predicted molar refractivity (Wildman–Crippen MR) is 120 cm³/mol. The number of carbonyl (C=O) groups is 2. The number of aryl methyl sites for hydroxylation is 1. The van der Waals surface area contributed by atoms with Crippen molar-refractivity contribution in [2.75, 3.05) is 50.7 Å². The number of aromatic nitrogens is 2. The Bertz CT molecular complexity index is 1020. The molecule has 0 radical (unpaired) electrons. The minimum atomic E-state index is -0.528. The number of nitrogens with zero attached hydrogens (tertiary/aromatic N) is 4. The van der Waals surface area contributed by atoms with Crippen LogP contribution in [0.4, 0.5) is 10.1 Å². The molecule has 1 atom stereocenters. The van der Waals surface area contributed by atoms with Crippen LogP contribution in [0, 0.1) is 11.7 Å². The van der Waals surface area contributed by atoms with Gasteiger partial charge in [0.1, 0.15) is 5.52 Å². The minimum Gasteiger partial charge on any atom is -0.367 e. The number of nitrogens with one attached hydrogen (secondary N) is 2. The number of piperazine rings is 1. The van der Waals surface area contributed by atoms with Crippen LogP contribution in [0.15, 0.2) is 12.1 Å². The fraction of sp³-hybridized carbons (Fsp3) is 0.609. The topological polar surface area (TPSA) is 82.5 Å².